The van der Waals surface area contributed by atoms with Gasteiger partial charge < -0.3 is 0 Å². The van der Waals surface area contributed by atoms with E-state index in [0.29, 0.717) is 0 Å². The van der Waals surface area contributed by atoms with Crippen molar-refractivity contribution in [2.45, 2.75) is 59.4 Å². The molecule has 0 atom stereocenters. The van der Waals surface area contributed by atoms with Gasteiger partial charge in [0.2, 0.25) is 0 Å². The highest BCUT2D eigenvalue weighted by Crippen LogP contribution is 2.25. The van der Waals surface area contributed by atoms with Crippen LogP contribution < -0.4 is 0 Å². The lowest BCUT2D eigenvalue weighted by Gasteiger charge is -2.20. The van der Waals surface area contributed by atoms with Crippen LogP contribution in [0.5, 0.6) is 0 Å². The zero-order valence-corrected chi connectivity index (χ0v) is 13.5. The van der Waals surface area contributed by atoms with E-state index in [2.05, 4.69) is 47.7 Å². The second kappa shape index (κ2) is 7.96. The summed E-state index contributed by atoms with van der Waals surface area (Å²) >= 11 is 0. The van der Waals surface area contributed by atoms with E-state index in [1.54, 1.807) is 0 Å². The summed E-state index contributed by atoms with van der Waals surface area (Å²) in [5, 5.41) is 8.57. The van der Waals surface area contributed by atoms with E-state index in [9.17, 15) is 0 Å². The largest absolute Gasteiger partial charge is 0.252 e. The molecule has 1 aliphatic carbocycles. The van der Waals surface area contributed by atoms with E-state index in [4.69, 9.17) is 0 Å². The number of nitrogens with zero attached hydrogens (tertiary/aromatic N) is 3. The van der Waals surface area contributed by atoms with Gasteiger partial charge in [0.15, 0.2) is 0 Å². The van der Waals surface area contributed by atoms with Crippen LogP contribution >= 0.6 is 0 Å². The predicted octanol–water partition coefficient (Wildman–Crippen LogP) is 4.86. The van der Waals surface area contributed by atoms with Crippen molar-refractivity contribution in [2.75, 3.05) is 0 Å². The van der Waals surface area contributed by atoms with Crippen LogP contribution in [0.25, 0.3) is 11.3 Å². The van der Waals surface area contributed by atoms with Crippen molar-refractivity contribution in [3.05, 3.63) is 36.0 Å². The number of aryl methyl sites for hydroxylation is 1. The fourth-order valence-corrected chi connectivity index (χ4v) is 2.88. The lowest BCUT2D eigenvalue weighted by atomic mass is 9.89. The van der Waals surface area contributed by atoms with Gasteiger partial charge in [-0.3, -0.25) is 4.68 Å². The fourth-order valence-electron chi connectivity index (χ4n) is 2.88. The molecule has 21 heavy (non-hydrogen) atoms. The fraction of sp³-hybridized carbons (Fsp3) is 0.556. The first kappa shape index (κ1) is 15.7. The molecule has 1 aliphatic rings. The van der Waals surface area contributed by atoms with E-state index >= 15 is 0 Å². The van der Waals surface area contributed by atoms with Crippen LogP contribution in [-0.4, -0.2) is 15.0 Å². The molecule has 0 radical (unpaired) electrons. The first-order valence-corrected chi connectivity index (χ1v) is 8.28. The Morgan fingerprint density at radius 3 is 2.38 bits per heavy atom. The minimum atomic E-state index is 0.793. The molecule has 0 unspecified atom stereocenters. The molecular formula is C18H27N3. The summed E-state index contributed by atoms with van der Waals surface area (Å²) in [6.07, 6.45) is 8.94. The molecule has 1 saturated carbocycles. The summed E-state index contributed by atoms with van der Waals surface area (Å²) in [5.74, 6) is 0.793. The lowest BCUT2D eigenvalue weighted by molar-refractivity contribution is 0.305. The monoisotopic (exact) mass is 285 g/mol. The van der Waals surface area contributed by atoms with E-state index in [1.165, 1.54) is 37.7 Å². The molecule has 3 nitrogen and oxygen atoms in total. The van der Waals surface area contributed by atoms with Gasteiger partial charge in [0.05, 0.1) is 6.20 Å². The number of rotatable bonds is 3. The van der Waals surface area contributed by atoms with Gasteiger partial charge in [-0.1, -0.05) is 68.2 Å². The van der Waals surface area contributed by atoms with Gasteiger partial charge in [0, 0.05) is 12.1 Å². The van der Waals surface area contributed by atoms with Crippen molar-refractivity contribution < 1.29 is 0 Å². The molecule has 2 aromatic rings. The molecule has 1 aromatic carbocycles. The molecule has 0 amide bonds. The molecular weight excluding hydrogens is 258 g/mol. The van der Waals surface area contributed by atoms with Crippen LogP contribution in [0.2, 0.25) is 0 Å². The van der Waals surface area contributed by atoms with Crippen molar-refractivity contribution in [2.24, 2.45) is 5.92 Å². The second-order valence-corrected chi connectivity index (χ2v) is 5.70. The Hall–Kier alpha value is -1.64. The summed E-state index contributed by atoms with van der Waals surface area (Å²) in [7, 11) is 0. The standard InChI is InChI=1S/C16H21N3.C2H6/c1-13-7-9-15(10-8-13)16-12-19(18-17-16)11-14-5-3-2-4-6-14;1-2/h7-10,12,14H,2-6,11H2,1H3;1-2H3. The summed E-state index contributed by atoms with van der Waals surface area (Å²) in [5.41, 5.74) is 3.41. The Morgan fingerprint density at radius 1 is 1.05 bits per heavy atom. The highest BCUT2D eigenvalue weighted by Gasteiger charge is 2.15. The van der Waals surface area contributed by atoms with Crippen LogP contribution in [0.3, 0.4) is 0 Å². The summed E-state index contributed by atoms with van der Waals surface area (Å²) in [4.78, 5) is 0. The minimum absolute atomic E-state index is 0.793. The van der Waals surface area contributed by atoms with Crippen molar-refractivity contribution in [3.63, 3.8) is 0 Å². The first-order valence-electron chi connectivity index (χ1n) is 8.28. The van der Waals surface area contributed by atoms with Crippen molar-refractivity contribution >= 4 is 0 Å². The maximum Gasteiger partial charge on any atom is 0.113 e. The first-order chi connectivity index (χ1) is 10.3. The van der Waals surface area contributed by atoms with E-state index in [1.807, 2.05) is 18.5 Å². The second-order valence-electron chi connectivity index (χ2n) is 5.70. The molecule has 0 N–H and O–H groups in total. The van der Waals surface area contributed by atoms with Crippen molar-refractivity contribution in [1.82, 2.24) is 15.0 Å². The Kier molecular flexibility index (Phi) is 5.97. The Morgan fingerprint density at radius 2 is 1.71 bits per heavy atom. The van der Waals surface area contributed by atoms with Crippen LogP contribution in [-0.2, 0) is 6.54 Å². The van der Waals surface area contributed by atoms with Crippen molar-refractivity contribution in [1.29, 1.82) is 0 Å². The molecule has 1 fully saturated rings. The third-order valence-corrected chi connectivity index (χ3v) is 4.06. The molecule has 1 heterocycles. The molecule has 3 rings (SSSR count). The Balaban J connectivity index is 0.000000774. The number of hydrogen-bond acceptors (Lipinski definition) is 2. The zero-order valence-electron chi connectivity index (χ0n) is 13.5. The molecule has 0 saturated heterocycles. The number of aromatic nitrogens is 3. The smallest absolute Gasteiger partial charge is 0.113 e. The molecule has 114 valence electrons. The quantitative estimate of drug-likeness (QED) is 0.806. The van der Waals surface area contributed by atoms with E-state index in [0.717, 1.165) is 23.7 Å². The third kappa shape index (κ3) is 4.42. The van der Waals surface area contributed by atoms with E-state index < -0.39 is 0 Å². The van der Waals surface area contributed by atoms with Gasteiger partial charge >= 0.3 is 0 Å². The van der Waals surface area contributed by atoms with Crippen LogP contribution in [0.15, 0.2) is 30.5 Å². The lowest BCUT2D eigenvalue weighted by Crippen LogP contribution is -2.14. The highest BCUT2D eigenvalue weighted by molar-refractivity contribution is 5.57. The Labute approximate surface area is 128 Å². The van der Waals surface area contributed by atoms with Gasteiger partial charge in [-0.25, -0.2) is 0 Å². The summed E-state index contributed by atoms with van der Waals surface area (Å²) in [6, 6.07) is 8.47. The van der Waals surface area contributed by atoms with Gasteiger partial charge in [0.25, 0.3) is 0 Å². The topological polar surface area (TPSA) is 30.7 Å². The van der Waals surface area contributed by atoms with Gasteiger partial charge in [-0.15, -0.1) is 5.10 Å². The Bertz CT molecular complexity index is 522. The predicted molar refractivity (Wildman–Crippen MR) is 88.1 cm³/mol. The normalized spacial score (nSPS) is 15.4. The molecule has 1 aromatic heterocycles. The summed E-state index contributed by atoms with van der Waals surface area (Å²) in [6.45, 7) is 7.13. The molecule has 0 aliphatic heterocycles. The third-order valence-electron chi connectivity index (χ3n) is 4.06. The molecule has 0 spiro atoms. The number of benzene rings is 1. The molecule has 3 heteroatoms. The maximum atomic E-state index is 4.29. The van der Waals surface area contributed by atoms with Crippen molar-refractivity contribution in [3.8, 4) is 11.3 Å². The van der Waals surface area contributed by atoms with Crippen LogP contribution in [0.1, 0.15) is 51.5 Å². The van der Waals surface area contributed by atoms with Gasteiger partial charge in [-0.05, 0) is 25.7 Å². The maximum absolute atomic E-state index is 4.29. The SMILES string of the molecule is CC.Cc1ccc(-c2cn(CC3CCCCC3)nn2)cc1. The van der Waals surface area contributed by atoms with E-state index in [-0.39, 0.29) is 0 Å². The van der Waals surface area contributed by atoms with Gasteiger partial charge in [-0.2, -0.15) is 0 Å². The average Bonchev–Trinajstić information content (AvgIpc) is 2.99. The van der Waals surface area contributed by atoms with Crippen LogP contribution in [0.4, 0.5) is 0 Å². The van der Waals surface area contributed by atoms with Gasteiger partial charge in [0.1, 0.15) is 5.69 Å². The summed E-state index contributed by atoms with van der Waals surface area (Å²) < 4.78 is 2.02. The number of hydrogen-bond donors (Lipinski definition) is 0. The molecule has 0 bridgehead atoms. The van der Waals surface area contributed by atoms with Crippen LogP contribution in [0, 0.1) is 12.8 Å². The minimum Gasteiger partial charge on any atom is -0.252 e. The zero-order chi connectivity index (χ0) is 15.1. The highest BCUT2D eigenvalue weighted by atomic mass is 15.4. The average molecular weight is 285 g/mol.